The standard InChI is InChI=1S/C18H18ClNO5S/c1-12(21)20-15(11-26-17(20)16-3-2-8-24-16)18(22)25-10-9-23-14-6-4-13(19)5-7-14/h2-8,15,17H,9-11H2,1H3/t15-,17+/m0/s1. The molecule has 2 atom stereocenters. The number of thioether (sulfide) groups is 1. The maximum absolute atomic E-state index is 12.4. The summed E-state index contributed by atoms with van der Waals surface area (Å²) in [5.41, 5.74) is 0. The van der Waals surface area contributed by atoms with E-state index in [1.165, 1.54) is 23.6 Å². The van der Waals surface area contributed by atoms with E-state index in [0.29, 0.717) is 22.3 Å². The molecule has 0 spiro atoms. The van der Waals surface area contributed by atoms with E-state index >= 15 is 0 Å². The number of rotatable bonds is 6. The van der Waals surface area contributed by atoms with Gasteiger partial charge in [-0.25, -0.2) is 4.79 Å². The summed E-state index contributed by atoms with van der Waals surface area (Å²) in [6.07, 6.45) is 1.55. The molecule has 1 aliphatic heterocycles. The fourth-order valence-corrected chi connectivity index (χ4v) is 4.19. The summed E-state index contributed by atoms with van der Waals surface area (Å²) in [5.74, 6) is 1.11. The number of halogens is 1. The van der Waals surface area contributed by atoms with Crippen molar-refractivity contribution >= 4 is 35.2 Å². The molecule has 6 nitrogen and oxygen atoms in total. The van der Waals surface area contributed by atoms with E-state index in [9.17, 15) is 9.59 Å². The number of carbonyl (C=O) groups excluding carboxylic acids is 2. The Hall–Kier alpha value is -2.12. The quantitative estimate of drug-likeness (QED) is 0.550. The zero-order chi connectivity index (χ0) is 18.5. The van der Waals surface area contributed by atoms with Crippen molar-refractivity contribution in [3.63, 3.8) is 0 Å². The first-order valence-corrected chi connectivity index (χ1v) is 9.48. The first kappa shape index (κ1) is 18.7. The molecule has 2 aromatic rings. The van der Waals surface area contributed by atoms with E-state index in [0.717, 1.165) is 0 Å². The van der Waals surface area contributed by atoms with Crippen LogP contribution in [0.15, 0.2) is 47.1 Å². The van der Waals surface area contributed by atoms with Gasteiger partial charge >= 0.3 is 5.97 Å². The molecule has 1 fully saturated rings. The molecule has 1 amide bonds. The van der Waals surface area contributed by atoms with E-state index in [4.69, 9.17) is 25.5 Å². The van der Waals surface area contributed by atoms with Gasteiger partial charge in [-0.1, -0.05) is 11.6 Å². The van der Waals surface area contributed by atoms with Crippen LogP contribution in [0.1, 0.15) is 18.1 Å². The second kappa shape index (κ2) is 8.51. The van der Waals surface area contributed by atoms with Gasteiger partial charge < -0.3 is 18.8 Å². The number of ether oxygens (including phenoxy) is 2. The minimum atomic E-state index is -0.636. The summed E-state index contributed by atoms with van der Waals surface area (Å²) in [6.45, 7) is 1.75. The average Bonchev–Trinajstić information content (AvgIpc) is 3.29. The third-order valence-corrected chi connectivity index (χ3v) is 5.37. The molecule has 1 aliphatic rings. The third-order valence-electron chi connectivity index (χ3n) is 3.83. The highest BCUT2D eigenvalue weighted by Crippen LogP contribution is 2.41. The van der Waals surface area contributed by atoms with Crippen molar-refractivity contribution < 1.29 is 23.5 Å². The van der Waals surface area contributed by atoms with Crippen molar-refractivity contribution in [2.45, 2.75) is 18.3 Å². The molecule has 138 valence electrons. The number of hydrogen-bond donors (Lipinski definition) is 0. The fourth-order valence-electron chi connectivity index (χ4n) is 2.65. The lowest BCUT2D eigenvalue weighted by molar-refractivity contribution is -0.154. The molecule has 0 aliphatic carbocycles. The van der Waals surface area contributed by atoms with Gasteiger partial charge in [0.2, 0.25) is 5.91 Å². The number of furan rings is 1. The minimum Gasteiger partial charge on any atom is -0.490 e. The van der Waals surface area contributed by atoms with Crippen molar-refractivity contribution in [1.82, 2.24) is 4.90 Å². The number of carbonyl (C=O) groups is 2. The Labute approximate surface area is 160 Å². The van der Waals surface area contributed by atoms with Gasteiger partial charge in [0, 0.05) is 17.7 Å². The summed E-state index contributed by atoms with van der Waals surface area (Å²) in [4.78, 5) is 25.9. The van der Waals surface area contributed by atoms with Gasteiger partial charge in [-0.15, -0.1) is 11.8 Å². The van der Waals surface area contributed by atoms with E-state index in [1.807, 2.05) is 0 Å². The Morgan fingerprint density at radius 2 is 2.04 bits per heavy atom. The van der Waals surface area contributed by atoms with Crippen molar-refractivity contribution in [2.75, 3.05) is 19.0 Å². The van der Waals surface area contributed by atoms with Gasteiger partial charge in [-0.2, -0.15) is 0 Å². The SMILES string of the molecule is CC(=O)N1[C@@H](c2ccco2)SC[C@H]1C(=O)OCCOc1ccc(Cl)cc1. The average molecular weight is 396 g/mol. The van der Waals surface area contributed by atoms with Crippen molar-refractivity contribution in [3.05, 3.63) is 53.4 Å². The van der Waals surface area contributed by atoms with Gasteiger partial charge in [0.25, 0.3) is 0 Å². The molecule has 1 aromatic carbocycles. The first-order valence-electron chi connectivity index (χ1n) is 8.05. The van der Waals surface area contributed by atoms with E-state index in [2.05, 4.69) is 0 Å². The van der Waals surface area contributed by atoms with E-state index in [-0.39, 0.29) is 24.5 Å². The second-order valence-corrected chi connectivity index (χ2v) is 7.16. The number of benzene rings is 1. The first-order chi connectivity index (χ1) is 12.6. The predicted molar refractivity (Wildman–Crippen MR) is 98.1 cm³/mol. The van der Waals surface area contributed by atoms with Crippen LogP contribution in [0, 0.1) is 0 Å². The largest absolute Gasteiger partial charge is 0.490 e. The Bertz CT molecular complexity index is 749. The molecule has 26 heavy (non-hydrogen) atoms. The van der Waals surface area contributed by atoms with Crippen LogP contribution in [0.2, 0.25) is 5.02 Å². The molecule has 1 saturated heterocycles. The molecule has 0 unspecified atom stereocenters. The fraction of sp³-hybridized carbons (Fsp3) is 0.333. The minimum absolute atomic E-state index is 0.0970. The Kier molecular flexibility index (Phi) is 6.11. The van der Waals surface area contributed by atoms with Crippen molar-refractivity contribution in [2.24, 2.45) is 0 Å². The molecular formula is C18H18ClNO5S. The summed E-state index contributed by atoms with van der Waals surface area (Å²) < 4.78 is 16.2. The Morgan fingerprint density at radius 3 is 2.69 bits per heavy atom. The molecule has 0 radical (unpaired) electrons. The highest BCUT2D eigenvalue weighted by Gasteiger charge is 2.43. The monoisotopic (exact) mass is 395 g/mol. The highest BCUT2D eigenvalue weighted by molar-refractivity contribution is 7.99. The molecule has 0 saturated carbocycles. The zero-order valence-corrected chi connectivity index (χ0v) is 15.7. The maximum atomic E-state index is 12.4. The third kappa shape index (κ3) is 4.34. The van der Waals surface area contributed by atoms with E-state index < -0.39 is 12.0 Å². The molecular weight excluding hydrogens is 378 g/mol. The van der Waals surface area contributed by atoms with Crippen molar-refractivity contribution in [3.8, 4) is 5.75 Å². The van der Waals surface area contributed by atoms with Gasteiger partial charge in [-0.05, 0) is 36.4 Å². The lowest BCUT2D eigenvalue weighted by atomic mass is 10.2. The normalized spacial score (nSPS) is 19.4. The number of nitrogens with zero attached hydrogens (tertiary/aromatic N) is 1. The maximum Gasteiger partial charge on any atom is 0.329 e. The highest BCUT2D eigenvalue weighted by atomic mass is 35.5. The Balaban J connectivity index is 1.52. The number of esters is 1. The second-order valence-electron chi connectivity index (χ2n) is 5.61. The van der Waals surface area contributed by atoms with Crippen LogP contribution in [-0.4, -0.2) is 41.8 Å². The molecule has 0 bridgehead atoms. The van der Waals surface area contributed by atoms with Gasteiger partial charge in [-0.3, -0.25) is 4.79 Å². The molecule has 3 rings (SSSR count). The molecule has 2 heterocycles. The Morgan fingerprint density at radius 1 is 1.27 bits per heavy atom. The van der Waals surface area contributed by atoms with Crippen LogP contribution in [0.4, 0.5) is 0 Å². The lowest BCUT2D eigenvalue weighted by Crippen LogP contribution is -2.43. The van der Waals surface area contributed by atoms with Gasteiger partial charge in [0.15, 0.2) is 0 Å². The molecule has 0 N–H and O–H groups in total. The molecule has 8 heteroatoms. The molecule has 1 aromatic heterocycles. The topological polar surface area (TPSA) is 69.0 Å². The van der Waals surface area contributed by atoms with Crippen LogP contribution in [0.5, 0.6) is 5.75 Å². The van der Waals surface area contributed by atoms with E-state index in [1.54, 1.807) is 42.7 Å². The summed E-state index contributed by atoms with van der Waals surface area (Å²) in [5, 5.41) is 0.309. The van der Waals surface area contributed by atoms with Crippen LogP contribution in [0.3, 0.4) is 0 Å². The summed E-state index contributed by atoms with van der Waals surface area (Å²) in [7, 11) is 0. The number of amides is 1. The number of hydrogen-bond acceptors (Lipinski definition) is 6. The van der Waals surface area contributed by atoms with Gasteiger partial charge in [0.1, 0.15) is 36.1 Å². The van der Waals surface area contributed by atoms with Gasteiger partial charge in [0.05, 0.1) is 6.26 Å². The van der Waals surface area contributed by atoms with Crippen LogP contribution < -0.4 is 4.74 Å². The van der Waals surface area contributed by atoms with Crippen molar-refractivity contribution in [1.29, 1.82) is 0 Å². The lowest BCUT2D eigenvalue weighted by Gasteiger charge is -2.25. The smallest absolute Gasteiger partial charge is 0.329 e. The summed E-state index contributed by atoms with van der Waals surface area (Å²) >= 11 is 7.29. The summed E-state index contributed by atoms with van der Waals surface area (Å²) in [6, 6.07) is 9.83. The van der Waals surface area contributed by atoms with Crippen LogP contribution >= 0.6 is 23.4 Å². The zero-order valence-electron chi connectivity index (χ0n) is 14.1. The van der Waals surface area contributed by atoms with Crippen LogP contribution in [-0.2, 0) is 14.3 Å². The predicted octanol–water partition coefficient (Wildman–Crippen LogP) is 3.52. The van der Waals surface area contributed by atoms with Crippen LogP contribution in [0.25, 0.3) is 0 Å².